The number of benzene rings is 1. The summed E-state index contributed by atoms with van der Waals surface area (Å²) in [6.45, 7) is 1.85. The van der Waals surface area contributed by atoms with Crippen molar-refractivity contribution in [2.45, 2.75) is 25.8 Å². The van der Waals surface area contributed by atoms with Gasteiger partial charge in [0, 0.05) is 11.8 Å². The Kier molecular flexibility index (Phi) is 6.32. The number of carboxylic acids is 1. The number of rotatable bonds is 7. The van der Waals surface area contributed by atoms with Gasteiger partial charge in [0.25, 0.3) is 0 Å². The van der Waals surface area contributed by atoms with E-state index < -0.39 is 18.0 Å². The molecule has 1 aromatic carbocycles. The molecule has 0 saturated carbocycles. The van der Waals surface area contributed by atoms with Crippen LogP contribution in [-0.4, -0.2) is 37.4 Å². The van der Waals surface area contributed by atoms with Crippen molar-refractivity contribution in [3.8, 4) is 11.5 Å². The third kappa shape index (κ3) is 4.87. The van der Waals surface area contributed by atoms with Gasteiger partial charge < -0.3 is 25.2 Å². The number of carbonyl (C=O) groups excluding carboxylic acids is 1. The average molecular weight is 296 g/mol. The molecule has 1 rings (SSSR count). The first kappa shape index (κ1) is 16.6. The van der Waals surface area contributed by atoms with E-state index in [0.29, 0.717) is 30.0 Å². The van der Waals surface area contributed by atoms with Crippen molar-refractivity contribution in [2.75, 3.05) is 19.5 Å². The van der Waals surface area contributed by atoms with Gasteiger partial charge in [0.2, 0.25) is 0 Å². The quantitative estimate of drug-likeness (QED) is 0.715. The maximum absolute atomic E-state index is 11.8. The van der Waals surface area contributed by atoms with E-state index >= 15 is 0 Å². The molecule has 2 amide bonds. The molecule has 0 aliphatic rings. The van der Waals surface area contributed by atoms with E-state index in [1.165, 1.54) is 14.2 Å². The summed E-state index contributed by atoms with van der Waals surface area (Å²) < 4.78 is 10.2. The molecular formula is C14H20N2O5. The van der Waals surface area contributed by atoms with Crippen LogP contribution in [0.15, 0.2) is 18.2 Å². The van der Waals surface area contributed by atoms with Gasteiger partial charge >= 0.3 is 12.0 Å². The third-order valence-corrected chi connectivity index (χ3v) is 2.82. The number of carbonyl (C=O) groups is 2. The van der Waals surface area contributed by atoms with E-state index in [0.717, 1.165) is 0 Å². The van der Waals surface area contributed by atoms with Gasteiger partial charge in [0.05, 0.1) is 14.2 Å². The second-order valence-electron chi connectivity index (χ2n) is 4.35. The van der Waals surface area contributed by atoms with E-state index in [2.05, 4.69) is 10.6 Å². The maximum Gasteiger partial charge on any atom is 0.326 e. The molecule has 0 aliphatic carbocycles. The Balaban J connectivity index is 2.72. The fourth-order valence-electron chi connectivity index (χ4n) is 1.79. The lowest BCUT2D eigenvalue weighted by molar-refractivity contribution is -0.139. The summed E-state index contributed by atoms with van der Waals surface area (Å²) in [5, 5.41) is 14.0. The van der Waals surface area contributed by atoms with Crippen molar-refractivity contribution < 1.29 is 24.2 Å². The van der Waals surface area contributed by atoms with Crippen molar-refractivity contribution in [3.05, 3.63) is 18.2 Å². The summed E-state index contributed by atoms with van der Waals surface area (Å²) in [5.74, 6) is -0.0455. The minimum Gasteiger partial charge on any atom is -0.493 e. The van der Waals surface area contributed by atoms with E-state index in [4.69, 9.17) is 14.6 Å². The van der Waals surface area contributed by atoms with Crippen LogP contribution in [0, 0.1) is 0 Å². The van der Waals surface area contributed by atoms with Gasteiger partial charge in [-0.15, -0.1) is 0 Å². The number of nitrogens with one attached hydrogen (secondary N) is 2. The van der Waals surface area contributed by atoms with Crippen LogP contribution < -0.4 is 20.1 Å². The van der Waals surface area contributed by atoms with Gasteiger partial charge in [0.15, 0.2) is 11.5 Å². The minimum atomic E-state index is -1.06. The van der Waals surface area contributed by atoms with E-state index in [9.17, 15) is 9.59 Å². The molecule has 0 fully saturated rings. The molecule has 0 unspecified atom stereocenters. The normalized spacial score (nSPS) is 11.4. The van der Waals surface area contributed by atoms with E-state index in [1.807, 2.05) is 6.92 Å². The highest BCUT2D eigenvalue weighted by atomic mass is 16.5. The number of amides is 2. The molecule has 116 valence electrons. The second kappa shape index (κ2) is 7.98. The molecular weight excluding hydrogens is 276 g/mol. The Bertz CT molecular complexity index is 504. The molecule has 0 spiro atoms. The zero-order valence-electron chi connectivity index (χ0n) is 12.3. The SMILES string of the molecule is CCC[C@@H](NC(=O)Nc1ccc(OC)c(OC)c1)C(=O)O. The summed E-state index contributed by atoms with van der Waals surface area (Å²) in [5.41, 5.74) is 0.478. The fourth-order valence-corrected chi connectivity index (χ4v) is 1.79. The Morgan fingerprint density at radius 3 is 2.43 bits per heavy atom. The monoisotopic (exact) mass is 296 g/mol. The van der Waals surface area contributed by atoms with Crippen LogP contribution in [0.2, 0.25) is 0 Å². The summed E-state index contributed by atoms with van der Waals surface area (Å²) in [4.78, 5) is 22.8. The van der Waals surface area contributed by atoms with Crippen molar-refractivity contribution in [2.24, 2.45) is 0 Å². The lowest BCUT2D eigenvalue weighted by atomic mass is 10.2. The van der Waals surface area contributed by atoms with Crippen LogP contribution in [0.1, 0.15) is 19.8 Å². The molecule has 1 aromatic rings. The summed E-state index contributed by atoms with van der Waals surface area (Å²) in [7, 11) is 3.00. The molecule has 7 heteroatoms. The molecule has 7 nitrogen and oxygen atoms in total. The predicted molar refractivity (Wildman–Crippen MR) is 78.0 cm³/mol. The Labute approximate surface area is 123 Å². The number of anilines is 1. The minimum absolute atomic E-state index is 0.370. The molecule has 0 saturated heterocycles. The smallest absolute Gasteiger partial charge is 0.326 e. The predicted octanol–water partition coefficient (Wildman–Crippen LogP) is 2.08. The largest absolute Gasteiger partial charge is 0.493 e. The van der Waals surface area contributed by atoms with Crippen molar-refractivity contribution in [1.29, 1.82) is 0 Å². The van der Waals surface area contributed by atoms with E-state index in [1.54, 1.807) is 18.2 Å². The van der Waals surface area contributed by atoms with Gasteiger partial charge in [-0.05, 0) is 18.6 Å². The summed E-state index contributed by atoms with van der Waals surface area (Å²) in [6.07, 6.45) is 1.03. The molecule has 1 atom stereocenters. The third-order valence-electron chi connectivity index (χ3n) is 2.82. The van der Waals surface area contributed by atoms with Gasteiger partial charge in [-0.1, -0.05) is 13.3 Å². The molecule has 0 aliphatic heterocycles. The van der Waals surface area contributed by atoms with Crippen molar-refractivity contribution in [3.63, 3.8) is 0 Å². The highest BCUT2D eigenvalue weighted by Crippen LogP contribution is 2.29. The Morgan fingerprint density at radius 2 is 1.90 bits per heavy atom. The van der Waals surface area contributed by atoms with Gasteiger partial charge in [-0.3, -0.25) is 0 Å². The highest BCUT2D eigenvalue weighted by molar-refractivity contribution is 5.92. The highest BCUT2D eigenvalue weighted by Gasteiger charge is 2.18. The Hall–Kier alpha value is -2.44. The molecule has 0 aromatic heterocycles. The number of hydrogen-bond donors (Lipinski definition) is 3. The number of aliphatic carboxylic acids is 1. The van der Waals surface area contributed by atoms with Crippen molar-refractivity contribution in [1.82, 2.24) is 5.32 Å². The first-order chi connectivity index (χ1) is 10.0. The number of carboxylic acid groups (broad SMARTS) is 1. The molecule has 3 N–H and O–H groups in total. The summed E-state index contributed by atoms with van der Waals surface area (Å²) in [6, 6.07) is 3.39. The van der Waals surface area contributed by atoms with Gasteiger partial charge in [-0.2, -0.15) is 0 Å². The van der Waals surface area contributed by atoms with Crippen LogP contribution in [0.4, 0.5) is 10.5 Å². The summed E-state index contributed by atoms with van der Waals surface area (Å²) >= 11 is 0. The zero-order valence-corrected chi connectivity index (χ0v) is 12.3. The van der Waals surface area contributed by atoms with Crippen LogP contribution in [0.5, 0.6) is 11.5 Å². The van der Waals surface area contributed by atoms with Gasteiger partial charge in [0.1, 0.15) is 6.04 Å². The zero-order chi connectivity index (χ0) is 15.8. The first-order valence-corrected chi connectivity index (χ1v) is 6.54. The molecule has 0 heterocycles. The molecule has 21 heavy (non-hydrogen) atoms. The lowest BCUT2D eigenvalue weighted by Gasteiger charge is -2.15. The number of urea groups is 1. The fraction of sp³-hybridized carbons (Fsp3) is 0.429. The molecule has 0 radical (unpaired) electrons. The van der Waals surface area contributed by atoms with Crippen molar-refractivity contribution >= 4 is 17.7 Å². The van der Waals surface area contributed by atoms with Gasteiger partial charge in [-0.25, -0.2) is 9.59 Å². The number of ether oxygens (including phenoxy) is 2. The topological polar surface area (TPSA) is 96.9 Å². The number of hydrogen-bond acceptors (Lipinski definition) is 4. The molecule has 0 bridgehead atoms. The lowest BCUT2D eigenvalue weighted by Crippen LogP contribution is -2.42. The van der Waals surface area contributed by atoms with Crippen LogP contribution >= 0.6 is 0 Å². The van der Waals surface area contributed by atoms with Crippen LogP contribution in [0.3, 0.4) is 0 Å². The van der Waals surface area contributed by atoms with Crippen LogP contribution in [-0.2, 0) is 4.79 Å². The number of methoxy groups -OCH3 is 2. The Morgan fingerprint density at radius 1 is 1.24 bits per heavy atom. The van der Waals surface area contributed by atoms with Crippen LogP contribution in [0.25, 0.3) is 0 Å². The van der Waals surface area contributed by atoms with E-state index in [-0.39, 0.29) is 0 Å². The first-order valence-electron chi connectivity index (χ1n) is 6.54. The average Bonchev–Trinajstić information content (AvgIpc) is 2.46. The standard InChI is InChI=1S/C14H20N2O5/c1-4-5-10(13(17)18)16-14(19)15-9-6-7-11(20-2)12(8-9)21-3/h6-8,10H,4-5H2,1-3H3,(H,17,18)(H2,15,16,19)/t10-/m1/s1. The second-order valence-corrected chi connectivity index (χ2v) is 4.35. The maximum atomic E-state index is 11.8.